The van der Waals surface area contributed by atoms with Gasteiger partial charge in [0.05, 0.1) is 11.5 Å². The molecule has 1 saturated heterocycles. The first-order valence-electron chi connectivity index (χ1n) is 8.34. The molecule has 0 spiro atoms. The van der Waals surface area contributed by atoms with Crippen molar-refractivity contribution < 1.29 is 18.3 Å². The van der Waals surface area contributed by atoms with E-state index >= 15 is 0 Å². The summed E-state index contributed by atoms with van der Waals surface area (Å²) in [5.41, 5.74) is 1.13. The van der Waals surface area contributed by atoms with Gasteiger partial charge in [-0.25, -0.2) is 18.4 Å². The van der Waals surface area contributed by atoms with Crippen LogP contribution in [0.5, 0.6) is 0 Å². The number of benzene rings is 1. The standard InChI is InChI=1S/C16H26N4O4S/c1-12-5-6-14(25(17,23)24)10-15(12)19-16(22)18-7-9-20-8-3-2-4-13(20)11-21/h5-6,10,13,21H,2-4,7-9,11H2,1H3,(H2,17,23,24)(H2,18,19,22)/t13-/m0/s1. The number of carbonyl (C=O) groups excluding carboxylic acids is 1. The number of rotatable bonds is 6. The lowest BCUT2D eigenvalue weighted by atomic mass is 10.0. The second-order valence-corrected chi connectivity index (χ2v) is 7.83. The summed E-state index contributed by atoms with van der Waals surface area (Å²) in [7, 11) is -3.82. The van der Waals surface area contributed by atoms with Gasteiger partial charge in [0.15, 0.2) is 0 Å². The van der Waals surface area contributed by atoms with Crippen molar-refractivity contribution in [3.05, 3.63) is 23.8 Å². The fourth-order valence-corrected chi connectivity index (χ4v) is 3.49. The Bertz CT molecular complexity index is 708. The second kappa shape index (κ2) is 8.61. The minimum absolute atomic E-state index is 0.0486. The third-order valence-electron chi connectivity index (χ3n) is 4.43. The maximum Gasteiger partial charge on any atom is 0.319 e. The van der Waals surface area contributed by atoms with Crippen molar-refractivity contribution in [2.45, 2.75) is 37.1 Å². The number of aliphatic hydroxyl groups excluding tert-OH is 1. The average Bonchev–Trinajstić information content (AvgIpc) is 2.56. The van der Waals surface area contributed by atoms with E-state index in [9.17, 15) is 18.3 Å². The van der Waals surface area contributed by atoms with E-state index in [2.05, 4.69) is 15.5 Å². The molecule has 0 aromatic heterocycles. The molecule has 0 unspecified atom stereocenters. The highest BCUT2D eigenvalue weighted by atomic mass is 32.2. The zero-order valence-corrected chi connectivity index (χ0v) is 15.2. The highest BCUT2D eigenvalue weighted by Gasteiger charge is 2.21. The van der Waals surface area contributed by atoms with Crippen molar-refractivity contribution in [3.8, 4) is 0 Å². The number of piperidine rings is 1. The molecular weight excluding hydrogens is 344 g/mol. The summed E-state index contributed by atoms with van der Waals surface area (Å²) in [6, 6.07) is 4.09. The van der Waals surface area contributed by atoms with Crippen LogP contribution < -0.4 is 15.8 Å². The van der Waals surface area contributed by atoms with Gasteiger partial charge in [-0.05, 0) is 44.0 Å². The molecule has 1 aliphatic rings. The van der Waals surface area contributed by atoms with Gasteiger partial charge in [-0.15, -0.1) is 0 Å². The van der Waals surface area contributed by atoms with Gasteiger partial charge in [0.1, 0.15) is 0 Å². The number of aryl methyl sites for hydroxylation is 1. The maximum atomic E-state index is 12.0. The van der Waals surface area contributed by atoms with Gasteiger partial charge >= 0.3 is 6.03 Å². The van der Waals surface area contributed by atoms with E-state index in [1.807, 2.05) is 0 Å². The number of hydrogen-bond donors (Lipinski definition) is 4. The molecule has 25 heavy (non-hydrogen) atoms. The molecule has 1 atom stereocenters. The largest absolute Gasteiger partial charge is 0.395 e. The SMILES string of the molecule is Cc1ccc(S(N)(=O)=O)cc1NC(=O)NCCN1CCCC[C@H]1CO. The Morgan fingerprint density at radius 1 is 1.40 bits per heavy atom. The van der Waals surface area contributed by atoms with Crippen LogP contribution in [0.15, 0.2) is 23.1 Å². The maximum absolute atomic E-state index is 12.0. The zero-order chi connectivity index (χ0) is 18.4. The van der Waals surface area contributed by atoms with Gasteiger partial charge in [0.25, 0.3) is 0 Å². The van der Waals surface area contributed by atoms with Crippen molar-refractivity contribution in [3.63, 3.8) is 0 Å². The van der Waals surface area contributed by atoms with Gasteiger partial charge in [-0.3, -0.25) is 4.90 Å². The van der Waals surface area contributed by atoms with E-state index in [4.69, 9.17) is 5.14 Å². The Labute approximate surface area is 148 Å². The van der Waals surface area contributed by atoms with Gasteiger partial charge in [0, 0.05) is 24.8 Å². The molecule has 5 N–H and O–H groups in total. The fraction of sp³-hybridized carbons (Fsp3) is 0.562. The second-order valence-electron chi connectivity index (χ2n) is 6.27. The Morgan fingerprint density at radius 3 is 2.84 bits per heavy atom. The quantitative estimate of drug-likeness (QED) is 0.584. The van der Waals surface area contributed by atoms with Crippen LogP contribution in [-0.4, -0.2) is 56.7 Å². The van der Waals surface area contributed by atoms with Crippen molar-refractivity contribution in [1.82, 2.24) is 10.2 Å². The van der Waals surface area contributed by atoms with Crippen LogP contribution in [0.2, 0.25) is 0 Å². The summed E-state index contributed by atoms with van der Waals surface area (Å²) in [6.07, 6.45) is 3.19. The number of carbonyl (C=O) groups is 1. The van der Waals surface area contributed by atoms with Crippen molar-refractivity contribution in [2.24, 2.45) is 5.14 Å². The van der Waals surface area contributed by atoms with Crippen molar-refractivity contribution in [1.29, 1.82) is 0 Å². The number of nitrogens with two attached hydrogens (primary N) is 1. The summed E-state index contributed by atoms with van der Waals surface area (Å²) in [4.78, 5) is 14.2. The topological polar surface area (TPSA) is 125 Å². The van der Waals surface area contributed by atoms with Crippen LogP contribution in [0.25, 0.3) is 0 Å². The third kappa shape index (κ3) is 5.67. The normalized spacial score (nSPS) is 18.8. The number of aliphatic hydroxyl groups is 1. The summed E-state index contributed by atoms with van der Waals surface area (Å²) in [6.45, 7) is 3.92. The van der Waals surface area contributed by atoms with E-state index < -0.39 is 16.1 Å². The monoisotopic (exact) mass is 370 g/mol. The Hall–Kier alpha value is -1.68. The molecule has 1 aromatic carbocycles. The summed E-state index contributed by atoms with van der Waals surface area (Å²) < 4.78 is 22.8. The predicted molar refractivity (Wildman–Crippen MR) is 95.9 cm³/mol. The van der Waals surface area contributed by atoms with Crippen LogP contribution in [0.4, 0.5) is 10.5 Å². The molecule has 2 rings (SSSR count). The van der Waals surface area contributed by atoms with E-state index in [-0.39, 0.29) is 17.5 Å². The fourth-order valence-electron chi connectivity index (χ4n) is 2.95. The van der Waals surface area contributed by atoms with Crippen LogP contribution in [0, 0.1) is 6.92 Å². The molecular formula is C16H26N4O4S. The first-order chi connectivity index (χ1) is 11.8. The lowest BCUT2D eigenvalue weighted by Crippen LogP contribution is -2.46. The van der Waals surface area contributed by atoms with Gasteiger partial charge in [-0.2, -0.15) is 0 Å². The number of hydrogen-bond acceptors (Lipinski definition) is 5. The molecule has 1 fully saturated rings. The predicted octanol–water partition coefficient (Wildman–Crippen LogP) is 0.611. The molecule has 2 amide bonds. The van der Waals surface area contributed by atoms with Crippen LogP contribution in [0.1, 0.15) is 24.8 Å². The zero-order valence-electron chi connectivity index (χ0n) is 14.4. The number of sulfonamides is 1. The molecule has 1 aromatic rings. The number of nitrogens with one attached hydrogen (secondary N) is 2. The van der Waals surface area contributed by atoms with Crippen LogP contribution in [0.3, 0.4) is 0 Å². The Morgan fingerprint density at radius 2 is 2.16 bits per heavy atom. The minimum atomic E-state index is -3.82. The number of urea groups is 1. The molecule has 1 heterocycles. The Kier molecular flexibility index (Phi) is 6.77. The van der Waals surface area contributed by atoms with Gasteiger partial charge < -0.3 is 15.7 Å². The van der Waals surface area contributed by atoms with Crippen LogP contribution >= 0.6 is 0 Å². The van der Waals surface area contributed by atoms with E-state index in [1.165, 1.54) is 12.1 Å². The molecule has 0 radical (unpaired) electrons. The summed E-state index contributed by atoms with van der Waals surface area (Å²) in [5.74, 6) is 0. The number of primary sulfonamides is 1. The summed E-state index contributed by atoms with van der Waals surface area (Å²) >= 11 is 0. The first kappa shape index (κ1) is 19.6. The average molecular weight is 370 g/mol. The molecule has 0 bridgehead atoms. The first-order valence-corrected chi connectivity index (χ1v) is 9.89. The van der Waals surface area contributed by atoms with E-state index in [1.54, 1.807) is 13.0 Å². The van der Waals surface area contributed by atoms with Gasteiger partial charge in [-0.1, -0.05) is 12.5 Å². The minimum Gasteiger partial charge on any atom is -0.395 e. The molecule has 0 saturated carbocycles. The molecule has 9 heteroatoms. The number of likely N-dealkylation sites (tertiary alicyclic amines) is 1. The van der Waals surface area contributed by atoms with E-state index in [0.717, 1.165) is 31.4 Å². The lowest BCUT2D eigenvalue weighted by Gasteiger charge is -2.34. The number of nitrogens with zero attached hydrogens (tertiary/aromatic N) is 1. The molecule has 1 aliphatic heterocycles. The smallest absolute Gasteiger partial charge is 0.319 e. The van der Waals surface area contributed by atoms with Crippen molar-refractivity contribution >= 4 is 21.7 Å². The lowest BCUT2D eigenvalue weighted by molar-refractivity contribution is 0.0917. The molecule has 8 nitrogen and oxygen atoms in total. The molecule has 140 valence electrons. The highest BCUT2D eigenvalue weighted by Crippen LogP contribution is 2.19. The molecule has 0 aliphatic carbocycles. The number of anilines is 1. The third-order valence-corrected chi connectivity index (χ3v) is 5.34. The summed E-state index contributed by atoms with van der Waals surface area (Å²) in [5, 5.41) is 19.9. The Balaban J connectivity index is 1.88. The van der Waals surface area contributed by atoms with Gasteiger partial charge in [0.2, 0.25) is 10.0 Å². The van der Waals surface area contributed by atoms with Crippen molar-refractivity contribution in [2.75, 3.05) is 31.6 Å². The van der Waals surface area contributed by atoms with E-state index in [0.29, 0.717) is 18.8 Å². The highest BCUT2D eigenvalue weighted by molar-refractivity contribution is 7.89. The number of amides is 2. The van der Waals surface area contributed by atoms with Crippen LogP contribution in [-0.2, 0) is 10.0 Å².